The normalized spacial score (nSPS) is 17.7. The molecule has 1 fully saturated rings. The van der Waals surface area contributed by atoms with E-state index in [0.29, 0.717) is 27.9 Å². The third-order valence-electron chi connectivity index (χ3n) is 5.52. The van der Waals surface area contributed by atoms with Gasteiger partial charge in [0.25, 0.3) is 0 Å². The van der Waals surface area contributed by atoms with Gasteiger partial charge < -0.3 is 19.7 Å². The van der Waals surface area contributed by atoms with Crippen LogP contribution in [0, 0.1) is 5.82 Å². The molecule has 2 N–H and O–H groups in total. The third-order valence-corrected chi connectivity index (χ3v) is 5.84. The number of pyridine rings is 1. The molecule has 0 radical (unpaired) electrons. The molecule has 2 aromatic heterocycles. The minimum absolute atomic E-state index is 0.161. The first-order chi connectivity index (χ1) is 16.0. The number of hydrogen-bond donors (Lipinski definition) is 2. The van der Waals surface area contributed by atoms with Gasteiger partial charge in [0, 0.05) is 11.8 Å². The summed E-state index contributed by atoms with van der Waals surface area (Å²) in [7, 11) is 0. The molecule has 0 saturated carbocycles. The molecule has 1 aliphatic heterocycles. The molecule has 0 bridgehead atoms. The van der Waals surface area contributed by atoms with Gasteiger partial charge in [-0.25, -0.2) is 9.18 Å². The molecule has 1 aliphatic rings. The van der Waals surface area contributed by atoms with Gasteiger partial charge in [-0.15, -0.1) is 0 Å². The number of furan rings is 1. The van der Waals surface area contributed by atoms with E-state index in [9.17, 15) is 14.3 Å². The van der Waals surface area contributed by atoms with Crippen LogP contribution in [-0.2, 0) is 0 Å². The number of para-hydroxylation sites is 1. The smallest absolute Gasteiger partial charge is 0.335 e. The van der Waals surface area contributed by atoms with Gasteiger partial charge in [0.1, 0.15) is 23.4 Å². The fourth-order valence-electron chi connectivity index (χ4n) is 4.02. The molecule has 1 saturated heterocycles. The van der Waals surface area contributed by atoms with Crippen molar-refractivity contribution in [2.24, 2.45) is 0 Å². The van der Waals surface area contributed by atoms with Gasteiger partial charge in [-0.2, -0.15) is 0 Å². The molecule has 4 aromatic rings. The van der Waals surface area contributed by atoms with E-state index in [2.05, 4.69) is 10.3 Å². The predicted molar refractivity (Wildman–Crippen MR) is 125 cm³/mol. The van der Waals surface area contributed by atoms with Crippen molar-refractivity contribution in [3.05, 3.63) is 108 Å². The van der Waals surface area contributed by atoms with Gasteiger partial charge in [0.05, 0.1) is 23.0 Å². The minimum atomic E-state index is -1.02. The van der Waals surface area contributed by atoms with Crippen molar-refractivity contribution < 1.29 is 18.7 Å². The molecule has 3 heterocycles. The second-order valence-corrected chi connectivity index (χ2v) is 7.92. The Labute approximate surface area is 194 Å². The molecule has 6 nitrogen and oxygen atoms in total. The van der Waals surface area contributed by atoms with Crippen molar-refractivity contribution in [3.63, 3.8) is 0 Å². The second kappa shape index (κ2) is 8.48. The van der Waals surface area contributed by atoms with Crippen LogP contribution in [0.15, 0.2) is 89.5 Å². The Hall–Kier alpha value is -4.04. The number of aromatic carboxylic acids is 1. The first-order valence-electron chi connectivity index (χ1n) is 10.2. The summed E-state index contributed by atoms with van der Waals surface area (Å²) in [6.45, 7) is 0. The number of rotatable bonds is 5. The zero-order valence-corrected chi connectivity index (χ0v) is 18.0. The number of halogens is 1. The fourth-order valence-corrected chi connectivity index (χ4v) is 4.36. The number of benzene rings is 2. The lowest BCUT2D eigenvalue weighted by Gasteiger charge is -2.26. The summed E-state index contributed by atoms with van der Waals surface area (Å²) in [6.07, 6.45) is 1.69. The predicted octanol–water partition coefficient (Wildman–Crippen LogP) is 5.36. The number of aromatic nitrogens is 1. The van der Waals surface area contributed by atoms with Crippen molar-refractivity contribution in [1.29, 1.82) is 0 Å². The molecule has 8 heteroatoms. The zero-order valence-electron chi connectivity index (χ0n) is 17.2. The topological polar surface area (TPSA) is 78.6 Å². The lowest BCUT2D eigenvalue weighted by Crippen LogP contribution is -2.30. The van der Waals surface area contributed by atoms with E-state index in [0.717, 1.165) is 5.69 Å². The molecule has 2 atom stereocenters. The Balaban J connectivity index is 1.60. The van der Waals surface area contributed by atoms with Crippen LogP contribution in [0.5, 0.6) is 0 Å². The van der Waals surface area contributed by atoms with E-state index in [4.69, 9.17) is 16.6 Å². The molecule has 33 heavy (non-hydrogen) atoms. The average Bonchev–Trinajstić information content (AvgIpc) is 3.45. The van der Waals surface area contributed by atoms with Crippen LogP contribution in [0.3, 0.4) is 0 Å². The van der Waals surface area contributed by atoms with E-state index in [1.165, 1.54) is 12.1 Å². The first kappa shape index (κ1) is 20.8. The lowest BCUT2D eigenvalue weighted by molar-refractivity contribution is 0.0697. The number of nitrogens with zero attached hydrogens (tertiary/aromatic N) is 2. The summed E-state index contributed by atoms with van der Waals surface area (Å²) in [5.41, 5.74) is 1.84. The van der Waals surface area contributed by atoms with Gasteiger partial charge in [-0.05, 0) is 60.7 Å². The number of thiocarbonyl (C=S) groups is 1. The highest BCUT2D eigenvalue weighted by molar-refractivity contribution is 7.80. The summed E-state index contributed by atoms with van der Waals surface area (Å²) in [5.74, 6) is -0.389. The number of carboxylic acid groups (broad SMARTS) is 1. The van der Waals surface area contributed by atoms with E-state index >= 15 is 0 Å². The van der Waals surface area contributed by atoms with Crippen LogP contribution in [0.2, 0.25) is 0 Å². The average molecular weight is 460 g/mol. The van der Waals surface area contributed by atoms with Crippen LogP contribution in [-0.4, -0.2) is 21.2 Å². The SMILES string of the molecule is O=C(O)c1cccc(-c2ccc([C@@H]3[C@H](c4ccccn4)NC(=S)N3c3ccccc3F)o2)c1. The minimum Gasteiger partial charge on any atom is -0.478 e. The summed E-state index contributed by atoms with van der Waals surface area (Å²) >= 11 is 5.60. The molecule has 0 spiro atoms. The lowest BCUT2D eigenvalue weighted by atomic mass is 10.0. The van der Waals surface area contributed by atoms with E-state index < -0.39 is 17.8 Å². The van der Waals surface area contributed by atoms with Crippen LogP contribution in [0.1, 0.15) is 33.9 Å². The Morgan fingerprint density at radius 3 is 2.64 bits per heavy atom. The number of carbonyl (C=O) groups is 1. The second-order valence-electron chi connectivity index (χ2n) is 7.54. The number of carboxylic acids is 1. The van der Waals surface area contributed by atoms with Gasteiger partial charge in [0.15, 0.2) is 5.11 Å². The maximum atomic E-state index is 14.8. The number of nitrogens with one attached hydrogen (secondary N) is 1. The maximum absolute atomic E-state index is 14.8. The molecule has 164 valence electrons. The zero-order chi connectivity index (χ0) is 22.9. The van der Waals surface area contributed by atoms with E-state index in [-0.39, 0.29) is 11.6 Å². The highest BCUT2D eigenvalue weighted by atomic mass is 32.1. The van der Waals surface area contributed by atoms with Crippen molar-refractivity contribution in [1.82, 2.24) is 10.3 Å². The van der Waals surface area contributed by atoms with Crippen molar-refractivity contribution in [2.75, 3.05) is 4.90 Å². The van der Waals surface area contributed by atoms with Crippen LogP contribution in [0.25, 0.3) is 11.3 Å². The van der Waals surface area contributed by atoms with Crippen molar-refractivity contribution in [3.8, 4) is 11.3 Å². The third kappa shape index (κ3) is 3.85. The Bertz CT molecular complexity index is 1340. The van der Waals surface area contributed by atoms with E-state index in [1.54, 1.807) is 59.6 Å². The molecular formula is C25H18FN3O3S. The van der Waals surface area contributed by atoms with Gasteiger partial charge in [-0.1, -0.05) is 30.3 Å². The summed E-state index contributed by atoms with van der Waals surface area (Å²) < 4.78 is 21.0. The Morgan fingerprint density at radius 1 is 1.06 bits per heavy atom. The number of anilines is 1. The van der Waals surface area contributed by atoms with Crippen LogP contribution in [0.4, 0.5) is 10.1 Å². The van der Waals surface area contributed by atoms with Crippen LogP contribution < -0.4 is 10.2 Å². The standard InChI is InChI=1S/C25H18FN3O3S/c26-17-8-1-2-10-19(17)29-23(22(28-25(29)33)18-9-3-4-13-27-18)21-12-11-20(32-21)15-6-5-7-16(14-15)24(30)31/h1-14,22-23H,(H,28,33)(H,30,31)/t22-,23+/m0/s1. The molecule has 0 unspecified atom stereocenters. The monoisotopic (exact) mass is 459 g/mol. The molecule has 2 aromatic carbocycles. The largest absolute Gasteiger partial charge is 0.478 e. The van der Waals surface area contributed by atoms with Crippen LogP contribution >= 0.6 is 12.2 Å². The molecule has 5 rings (SSSR count). The maximum Gasteiger partial charge on any atom is 0.335 e. The van der Waals surface area contributed by atoms with Crippen molar-refractivity contribution >= 4 is 29.0 Å². The van der Waals surface area contributed by atoms with Gasteiger partial charge in [-0.3, -0.25) is 4.98 Å². The molecule has 0 amide bonds. The van der Waals surface area contributed by atoms with Gasteiger partial charge >= 0.3 is 5.97 Å². The van der Waals surface area contributed by atoms with E-state index in [1.807, 2.05) is 18.2 Å². The summed E-state index contributed by atoms with van der Waals surface area (Å²) in [6, 6.07) is 21.2. The highest BCUT2D eigenvalue weighted by Crippen LogP contribution is 2.43. The quantitative estimate of drug-likeness (QED) is 0.389. The fraction of sp³-hybridized carbons (Fsp3) is 0.0800. The van der Waals surface area contributed by atoms with Crippen molar-refractivity contribution in [2.45, 2.75) is 12.1 Å². The highest BCUT2D eigenvalue weighted by Gasteiger charge is 2.43. The van der Waals surface area contributed by atoms with Gasteiger partial charge in [0.2, 0.25) is 0 Å². The molecular weight excluding hydrogens is 441 g/mol. The Kier molecular flexibility index (Phi) is 5.35. The number of hydrogen-bond acceptors (Lipinski definition) is 4. The molecule has 0 aliphatic carbocycles. The Morgan fingerprint density at radius 2 is 1.88 bits per heavy atom. The summed E-state index contributed by atoms with van der Waals surface area (Å²) in [5, 5.41) is 12.9. The first-order valence-corrected chi connectivity index (χ1v) is 10.6. The summed E-state index contributed by atoms with van der Waals surface area (Å²) in [4.78, 5) is 17.5.